The Kier molecular flexibility index (Phi) is 0.984. The highest BCUT2D eigenvalue weighted by Crippen LogP contribution is 2.43. The number of fused-ring (bicyclic) bond motifs is 2. The maximum Gasteiger partial charge on any atom is 0.0101 e. The highest BCUT2D eigenvalue weighted by Gasteiger charge is 2.43. The van der Waals surface area contributed by atoms with Gasteiger partial charge in [-0.25, -0.2) is 0 Å². The predicted molar refractivity (Wildman–Crippen MR) is 40.9 cm³/mol. The summed E-state index contributed by atoms with van der Waals surface area (Å²) in [5.74, 6) is 1.10. The van der Waals surface area contributed by atoms with Crippen molar-refractivity contribution in [2.24, 2.45) is 5.92 Å². The van der Waals surface area contributed by atoms with E-state index in [9.17, 15) is 0 Å². The smallest absolute Gasteiger partial charge is 0.0101 e. The third kappa shape index (κ3) is 0.672. The first-order valence-electron chi connectivity index (χ1n) is 4.69. The highest BCUT2D eigenvalue weighted by atomic mass is 15.2. The Bertz CT molecular complexity index is 151. The minimum Gasteiger partial charge on any atom is -0.297 e. The molecule has 0 aromatic rings. The lowest BCUT2D eigenvalue weighted by Crippen LogP contribution is -2.33. The molecule has 0 aromatic heterocycles. The van der Waals surface area contributed by atoms with Crippen LogP contribution in [0.3, 0.4) is 0 Å². The summed E-state index contributed by atoms with van der Waals surface area (Å²) in [7, 11) is 0. The summed E-state index contributed by atoms with van der Waals surface area (Å²) in [4.78, 5) is 2.79. The molecule has 10 heavy (non-hydrogen) atoms. The second-order valence-electron chi connectivity index (χ2n) is 4.26. The van der Waals surface area contributed by atoms with E-state index in [0.717, 1.165) is 18.0 Å². The molecule has 3 rings (SSSR count). The van der Waals surface area contributed by atoms with Crippen LogP contribution in [0, 0.1) is 5.92 Å². The van der Waals surface area contributed by atoms with E-state index >= 15 is 0 Å². The second kappa shape index (κ2) is 1.76. The fourth-order valence-electron chi connectivity index (χ4n) is 2.82. The average molecular weight is 137 g/mol. The number of rotatable bonds is 1. The van der Waals surface area contributed by atoms with E-state index in [-0.39, 0.29) is 0 Å². The van der Waals surface area contributed by atoms with Crippen LogP contribution in [0.2, 0.25) is 0 Å². The number of likely N-dealkylation sites (tertiary alicyclic amines) is 1. The molecule has 1 aliphatic heterocycles. The molecule has 56 valence electrons. The third-order valence-electron chi connectivity index (χ3n) is 3.47. The van der Waals surface area contributed by atoms with Gasteiger partial charge in [-0.05, 0) is 38.0 Å². The second-order valence-corrected chi connectivity index (χ2v) is 4.26. The van der Waals surface area contributed by atoms with Crippen molar-refractivity contribution < 1.29 is 0 Å². The molecule has 0 aromatic carbocycles. The van der Waals surface area contributed by atoms with Crippen molar-refractivity contribution >= 4 is 0 Å². The summed E-state index contributed by atoms with van der Waals surface area (Å²) >= 11 is 0. The molecular formula is C9H15N. The third-order valence-corrected chi connectivity index (χ3v) is 3.47. The van der Waals surface area contributed by atoms with Crippen LogP contribution in [0.1, 0.15) is 32.1 Å². The Balaban J connectivity index is 1.77. The van der Waals surface area contributed by atoms with E-state index in [1.54, 1.807) is 0 Å². The standard InChI is InChI=1S/C9H15N/c1-2-9-5-7(1)6-10(9)8-3-4-8/h7-9H,1-6H2. The van der Waals surface area contributed by atoms with Crippen LogP contribution >= 0.6 is 0 Å². The van der Waals surface area contributed by atoms with Crippen LogP contribution < -0.4 is 0 Å². The van der Waals surface area contributed by atoms with Crippen LogP contribution in [-0.2, 0) is 0 Å². The van der Waals surface area contributed by atoms with Gasteiger partial charge in [0, 0.05) is 18.6 Å². The molecule has 1 saturated heterocycles. The minimum absolute atomic E-state index is 1.03. The van der Waals surface area contributed by atoms with Crippen LogP contribution in [0.5, 0.6) is 0 Å². The van der Waals surface area contributed by atoms with Crippen molar-refractivity contribution in [2.75, 3.05) is 6.54 Å². The SMILES string of the molecule is C1CC2CC1CN2C1CC1. The Morgan fingerprint density at radius 2 is 1.70 bits per heavy atom. The van der Waals surface area contributed by atoms with Crippen LogP contribution in [0.4, 0.5) is 0 Å². The average Bonchev–Trinajstić information content (AvgIpc) is 2.60. The monoisotopic (exact) mass is 137 g/mol. The Morgan fingerprint density at radius 3 is 2.20 bits per heavy atom. The first-order valence-corrected chi connectivity index (χ1v) is 4.69. The molecule has 3 aliphatic rings. The molecule has 2 saturated carbocycles. The number of nitrogens with zero attached hydrogens (tertiary/aromatic N) is 1. The molecule has 1 heteroatoms. The molecule has 0 radical (unpaired) electrons. The quantitative estimate of drug-likeness (QED) is 0.531. The molecule has 0 spiro atoms. The van der Waals surface area contributed by atoms with Crippen LogP contribution in [-0.4, -0.2) is 23.5 Å². The van der Waals surface area contributed by atoms with Crippen molar-refractivity contribution in [2.45, 2.75) is 44.2 Å². The predicted octanol–water partition coefficient (Wildman–Crippen LogP) is 1.63. The van der Waals surface area contributed by atoms with E-state index in [0.29, 0.717) is 0 Å². The van der Waals surface area contributed by atoms with Crippen LogP contribution in [0.15, 0.2) is 0 Å². The largest absolute Gasteiger partial charge is 0.297 e. The van der Waals surface area contributed by atoms with Crippen LogP contribution in [0.25, 0.3) is 0 Å². The van der Waals surface area contributed by atoms with E-state index in [4.69, 9.17) is 0 Å². The van der Waals surface area contributed by atoms with Crippen molar-refractivity contribution in [3.63, 3.8) is 0 Å². The van der Waals surface area contributed by atoms with Gasteiger partial charge in [-0.1, -0.05) is 0 Å². The minimum atomic E-state index is 1.03. The Morgan fingerprint density at radius 1 is 0.900 bits per heavy atom. The van der Waals surface area contributed by atoms with Gasteiger partial charge in [-0.3, -0.25) is 4.90 Å². The summed E-state index contributed by atoms with van der Waals surface area (Å²) < 4.78 is 0. The molecule has 3 fully saturated rings. The molecule has 2 aliphatic carbocycles. The first-order chi connectivity index (χ1) is 4.93. The molecular weight excluding hydrogens is 122 g/mol. The molecule has 2 unspecified atom stereocenters. The van der Waals surface area contributed by atoms with Gasteiger partial charge < -0.3 is 0 Å². The van der Waals surface area contributed by atoms with Gasteiger partial charge in [0.15, 0.2) is 0 Å². The van der Waals surface area contributed by atoms with Crippen molar-refractivity contribution in [1.82, 2.24) is 4.90 Å². The number of hydrogen-bond acceptors (Lipinski definition) is 1. The van der Waals surface area contributed by atoms with Gasteiger partial charge in [-0.2, -0.15) is 0 Å². The van der Waals surface area contributed by atoms with Crippen molar-refractivity contribution in [3.05, 3.63) is 0 Å². The van der Waals surface area contributed by atoms with Gasteiger partial charge in [0.25, 0.3) is 0 Å². The normalized spacial score (nSPS) is 46.8. The van der Waals surface area contributed by atoms with Gasteiger partial charge in [0.05, 0.1) is 0 Å². The van der Waals surface area contributed by atoms with Gasteiger partial charge in [0.1, 0.15) is 0 Å². The molecule has 2 atom stereocenters. The summed E-state index contributed by atoms with van der Waals surface area (Å²) in [6.45, 7) is 1.45. The Labute approximate surface area is 62.4 Å². The topological polar surface area (TPSA) is 3.24 Å². The summed E-state index contributed by atoms with van der Waals surface area (Å²) in [6.07, 6.45) is 7.60. The van der Waals surface area contributed by atoms with Gasteiger partial charge in [-0.15, -0.1) is 0 Å². The van der Waals surface area contributed by atoms with Crippen molar-refractivity contribution in [1.29, 1.82) is 0 Å². The Hall–Kier alpha value is -0.0400. The number of hydrogen-bond donors (Lipinski definition) is 0. The van der Waals surface area contributed by atoms with Gasteiger partial charge in [0.2, 0.25) is 0 Å². The summed E-state index contributed by atoms with van der Waals surface area (Å²) in [5, 5.41) is 0. The summed E-state index contributed by atoms with van der Waals surface area (Å²) in [5.41, 5.74) is 0. The zero-order valence-electron chi connectivity index (χ0n) is 6.42. The summed E-state index contributed by atoms with van der Waals surface area (Å²) in [6, 6.07) is 2.06. The fourth-order valence-corrected chi connectivity index (χ4v) is 2.82. The maximum atomic E-state index is 2.79. The fraction of sp³-hybridized carbons (Fsp3) is 1.00. The zero-order chi connectivity index (χ0) is 6.55. The molecule has 1 heterocycles. The lowest BCUT2D eigenvalue weighted by atomic mass is 10.1. The number of piperidine rings is 1. The molecule has 0 amide bonds. The van der Waals surface area contributed by atoms with E-state index in [1.807, 2.05) is 0 Å². The zero-order valence-corrected chi connectivity index (χ0v) is 6.42. The van der Waals surface area contributed by atoms with Gasteiger partial charge >= 0.3 is 0 Å². The van der Waals surface area contributed by atoms with E-state index in [1.165, 1.54) is 38.6 Å². The lowest BCUT2D eigenvalue weighted by Gasteiger charge is -2.26. The maximum absolute atomic E-state index is 2.79. The first kappa shape index (κ1) is 5.59. The van der Waals surface area contributed by atoms with Crippen molar-refractivity contribution in [3.8, 4) is 0 Å². The molecule has 0 N–H and O–H groups in total. The highest BCUT2D eigenvalue weighted by molar-refractivity contribution is 4.99. The molecule has 2 bridgehead atoms. The van der Waals surface area contributed by atoms with E-state index in [2.05, 4.69) is 4.90 Å². The lowest BCUT2D eigenvalue weighted by molar-refractivity contribution is 0.204. The van der Waals surface area contributed by atoms with E-state index < -0.39 is 0 Å². The molecule has 1 nitrogen and oxygen atoms in total.